The zero-order chi connectivity index (χ0) is 25.2. The molecule has 0 spiro atoms. The Bertz CT molecular complexity index is 1170. The first-order valence-corrected chi connectivity index (χ1v) is 11.6. The van der Waals surface area contributed by atoms with E-state index in [1.807, 2.05) is 17.0 Å². The minimum atomic E-state index is -4.54. The first-order valence-electron chi connectivity index (χ1n) is 11.6. The summed E-state index contributed by atoms with van der Waals surface area (Å²) >= 11 is 0. The molecule has 35 heavy (non-hydrogen) atoms. The zero-order valence-electron chi connectivity index (χ0n) is 20.0. The summed E-state index contributed by atoms with van der Waals surface area (Å²) < 4.78 is 45.2. The van der Waals surface area contributed by atoms with Gasteiger partial charge in [-0.2, -0.15) is 18.2 Å². The van der Waals surface area contributed by atoms with Crippen molar-refractivity contribution in [3.8, 4) is 11.4 Å². The molecule has 1 atom stereocenters. The molecule has 1 aliphatic rings. The Morgan fingerprint density at radius 3 is 2.51 bits per heavy atom. The highest BCUT2D eigenvalue weighted by molar-refractivity contribution is 5.93. The second-order valence-corrected chi connectivity index (χ2v) is 9.95. The number of piperidine rings is 1. The van der Waals surface area contributed by atoms with Crippen LogP contribution in [0.15, 0.2) is 53.1 Å². The summed E-state index contributed by atoms with van der Waals surface area (Å²) in [6.07, 6.45) is -3.19. The van der Waals surface area contributed by atoms with E-state index >= 15 is 0 Å². The quantitative estimate of drug-likeness (QED) is 0.486. The van der Waals surface area contributed by atoms with E-state index in [4.69, 9.17) is 4.52 Å². The molecule has 186 valence electrons. The molecule has 1 fully saturated rings. The van der Waals surface area contributed by atoms with Gasteiger partial charge in [0.05, 0.1) is 23.7 Å². The Balaban J connectivity index is 1.38. The molecule has 6 nitrogen and oxygen atoms in total. The van der Waals surface area contributed by atoms with Gasteiger partial charge < -0.3 is 9.84 Å². The Kier molecular flexibility index (Phi) is 6.98. The topological polar surface area (TPSA) is 71.3 Å². The van der Waals surface area contributed by atoms with Crippen molar-refractivity contribution in [2.24, 2.45) is 5.92 Å². The van der Waals surface area contributed by atoms with Crippen molar-refractivity contribution in [1.82, 2.24) is 15.0 Å². The second-order valence-electron chi connectivity index (χ2n) is 9.95. The van der Waals surface area contributed by atoms with Crippen molar-refractivity contribution < 1.29 is 22.5 Å². The Hall–Kier alpha value is -3.20. The molecular formula is C26H29F3N4O2. The lowest BCUT2D eigenvalue weighted by Crippen LogP contribution is -2.40. The smallest absolute Gasteiger partial charge is 0.338 e. The molecule has 1 aromatic heterocycles. The van der Waals surface area contributed by atoms with Crippen LogP contribution in [0.2, 0.25) is 0 Å². The summed E-state index contributed by atoms with van der Waals surface area (Å²) in [5.41, 5.74) is 1.04. The predicted octanol–water partition coefficient (Wildman–Crippen LogP) is 5.90. The van der Waals surface area contributed by atoms with Gasteiger partial charge in [-0.15, -0.1) is 0 Å². The van der Waals surface area contributed by atoms with Crippen LogP contribution in [0.1, 0.15) is 50.6 Å². The molecule has 2 heterocycles. The molecule has 9 heteroatoms. The number of para-hydroxylation sites is 1. The highest BCUT2D eigenvalue weighted by Crippen LogP contribution is 2.35. The summed E-state index contributed by atoms with van der Waals surface area (Å²) in [6, 6.07) is 13.1. The maximum Gasteiger partial charge on any atom is 0.418 e. The van der Waals surface area contributed by atoms with Crippen molar-refractivity contribution in [1.29, 1.82) is 0 Å². The van der Waals surface area contributed by atoms with E-state index in [0.717, 1.165) is 24.6 Å². The van der Waals surface area contributed by atoms with Gasteiger partial charge in [-0.25, -0.2) is 0 Å². The number of hydrogen-bond acceptors (Lipinski definition) is 5. The molecule has 1 unspecified atom stereocenters. The maximum absolute atomic E-state index is 13.3. The van der Waals surface area contributed by atoms with Gasteiger partial charge in [0.15, 0.2) is 0 Å². The largest absolute Gasteiger partial charge is 0.418 e. The third kappa shape index (κ3) is 6.08. The van der Waals surface area contributed by atoms with E-state index in [2.05, 4.69) is 48.4 Å². The number of amides is 1. The van der Waals surface area contributed by atoms with Gasteiger partial charge >= 0.3 is 6.18 Å². The van der Waals surface area contributed by atoms with Crippen molar-refractivity contribution in [2.75, 3.05) is 18.4 Å². The third-order valence-corrected chi connectivity index (χ3v) is 6.20. The van der Waals surface area contributed by atoms with Gasteiger partial charge in [-0.1, -0.05) is 62.3 Å². The van der Waals surface area contributed by atoms with Crippen LogP contribution in [-0.4, -0.2) is 34.0 Å². The first-order chi connectivity index (χ1) is 16.5. The number of halogens is 3. The second kappa shape index (κ2) is 9.81. The average molecular weight is 487 g/mol. The van der Waals surface area contributed by atoms with E-state index in [0.29, 0.717) is 31.2 Å². The van der Waals surface area contributed by atoms with E-state index < -0.39 is 23.6 Å². The fourth-order valence-electron chi connectivity index (χ4n) is 4.23. The number of alkyl halides is 3. The first kappa shape index (κ1) is 24.9. The monoisotopic (exact) mass is 486 g/mol. The molecule has 1 amide bonds. The van der Waals surface area contributed by atoms with Crippen molar-refractivity contribution in [3.05, 3.63) is 65.5 Å². The average Bonchev–Trinajstić information content (AvgIpc) is 3.27. The summed E-state index contributed by atoms with van der Waals surface area (Å²) in [5.74, 6) is 0.0767. The molecule has 0 radical (unpaired) electrons. The van der Waals surface area contributed by atoms with E-state index in [1.54, 1.807) is 0 Å². The Morgan fingerprint density at radius 1 is 1.11 bits per heavy atom. The highest BCUT2D eigenvalue weighted by atomic mass is 19.4. The van der Waals surface area contributed by atoms with Gasteiger partial charge in [-0.05, 0) is 42.5 Å². The minimum absolute atomic E-state index is 0.0485. The molecule has 4 rings (SSSR count). The highest BCUT2D eigenvalue weighted by Gasteiger charge is 2.34. The van der Waals surface area contributed by atoms with E-state index in [1.165, 1.54) is 23.8 Å². The number of carbonyl (C=O) groups is 1. The molecule has 0 saturated carbocycles. The van der Waals surface area contributed by atoms with Crippen LogP contribution in [0.3, 0.4) is 0 Å². The lowest BCUT2D eigenvalue weighted by molar-refractivity contribution is -0.137. The van der Waals surface area contributed by atoms with Gasteiger partial charge in [0.2, 0.25) is 17.6 Å². The minimum Gasteiger partial charge on any atom is -0.338 e. The summed E-state index contributed by atoms with van der Waals surface area (Å²) in [5, 5.41) is 6.56. The number of nitrogens with one attached hydrogen (secondary N) is 1. The number of carbonyl (C=O) groups excluding carboxylic acids is 1. The van der Waals surface area contributed by atoms with Crippen LogP contribution in [-0.2, 0) is 22.9 Å². The fourth-order valence-corrected chi connectivity index (χ4v) is 4.23. The van der Waals surface area contributed by atoms with Crippen LogP contribution in [0.4, 0.5) is 18.9 Å². The number of likely N-dealkylation sites (tertiary alicyclic amines) is 1. The molecule has 0 aliphatic carbocycles. The van der Waals surface area contributed by atoms with Crippen LogP contribution in [0.25, 0.3) is 11.4 Å². The van der Waals surface area contributed by atoms with Crippen LogP contribution >= 0.6 is 0 Å². The molecule has 0 bridgehead atoms. The van der Waals surface area contributed by atoms with Gasteiger partial charge in [0, 0.05) is 12.1 Å². The maximum atomic E-state index is 13.3. The fraction of sp³-hybridized carbons (Fsp3) is 0.423. The van der Waals surface area contributed by atoms with Gasteiger partial charge in [0.1, 0.15) is 0 Å². The van der Waals surface area contributed by atoms with Gasteiger partial charge in [0.25, 0.3) is 0 Å². The normalized spacial score (nSPS) is 17.4. The lowest BCUT2D eigenvalue weighted by atomic mass is 9.87. The number of aromatic nitrogens is 2. The number of anilines is 1. The third-order valence-electron chi connectivity index (χ3n) is 6.20. The number of nitrogens with zero attached hydrogens (tertiary/aromatic N) is 3. The molecule has 2 aromatic carbocycles. The van der Waals surface area contributed by atoms with E-state index in [-0.39, 0.29) is 11.1 Å². The zero-order valence-corrected chi connectivity index (χ0v) is 20.0. The summed E-state index contributed by atoms with van der Waals surface area (Å²) in [7, 11) is 0. The molecule has 1 aliphatic heterocycles. The number of benzene rings is 2. The predicted molar refractivity (Wildman–Crippen MR) is 127 cm³/mol. The molecular weight excluding hydrogens is 457 g/mol. The van der Waals surface area contributed by atoms with Crippen molar-refractivity contribution in [2.45, 2.75) is 51.7 Å². The molecule has 1 N–H and O–H groups in total. The lowest BCUT2D eigenvalue weighted by Gasteiger charge is -2.31. The van der Waals surface area contributed by atoms with Crippen LogP contribution < -0.4 is 5.32 Å². The SMILES string of the molecule is CC(C)(C)c1ccc(-c2noc(CN3CCCC(C(=O)Nc4ccccc4C(F)(F)F)C3)n2)cc1. The standard InChI is InChI=1S/C26H29F3N4O2/c1-25(2,3)19-12-10-17(11-13-19)23-31-22(35-32-23)16-33-14-6-7-18(15-33)24(34)30-21-9-5-4-8-20(21)26(27,28)29/h4-5,8-13,18H,6-7,14-16H2,1-3H3,(H,30,34). The van der Waals surface area contributed by atoms with Crippen LogP contribution in [0, 0.1) is 5.92 Å². The summed E-state index contributed by atoms with van der Waals surface area (Å²) in [4.78, 5) is 19.3. The Morgan fingerprint density at radius 2 is 1.83 bits per heavy atom. The Labute approximate surface area is 202 Å². The van der Waals surface area contributed by atoms with Crippen LogP contribution in [0.5, 0.6) is 0 Å². The molecule has 3 aromatic rings. The number of rotatable bonds is 5. The van der Waals surface area contributed by atoms with Crippen molar-refractivity contribution >= 4 is 11.6 Å². The van der Waals surface area contributed by atoms with E-state index in [9.17, 15) is 18.0 Å². The number of hydrogen-bond donors (Lipinski definition) is 1. The summed E-state index contributed by atoms with van der Waals surface area (Å²) in [6.45, 7) is 7.95. The van der Waals surface area contributed by atoms with Crippen molar-refractivity contribution in [3.63, 3.8) is 0 Å². The van der Waals surface area contributed by atoms with Gasteiger partial charge in [-0.3, -0.25) is 9.69 Å². The molecule has 1 saturated heterocycles.